The molecule has 6 nitrogen and oxygen atoms in total. The number of rotatable bonds is 8. The van der Waals surface area contributed by atoms with Crippen LogP contribution in [-0.4, -0.2) is 64.3 Å². The number of aliphatic hydroxyl groups is 4. The molecule has 0 aromatic heterocycles. The lowest BCUT2D eigenvalue weighted by Crippen LogP contribution is -2.59. The minimum atomic E-state index is -1.36. The fourth-order valence-corrected chi connectivity index (χ4v) is 2.11. The molecule has 19 heavy (non-hydrogen) atoms. The van der Waals surface area contributed by atoms with Crippen LogP contribution in [0.1, 0.15) is 39.0 Å². The monoisotopic (exact) mass is 278 g/mol. The summed E-state index contributed by atoms with van der Waals surface area (Å²) in [6, 6.07) is 0. The van der Waals surface area contributed by atoms with Gasteiger partial charge in [0.05, 0.1) is 6.61 Å². The zero-order valence-electron chi connectivity index (χ0n) is 11.4. The topological polar surface area (TPSA) is 99.4 Å². The minimum absolute atomic E-state index is 0.423. The molecule has 0 unspecified atom stereocenters. The smallest absolute Gasteiger partial charge is 0.186 e. The normalized spacial score (nSPS) is 35.5. The third-order valence-electron chi connectivity index (χ3n) is 3.38. The molecule has 1 heterocycles. The van der Waals surface area contributed by atoms with Crippen LogP contribution in [0.25, 0.3) is 0 Å². The second kappa shape index (κ2) is 8.84. The Morgan fingerprint density at radius 1 is 0.947 bits per heavy atom. The molecule has 0 bridgehead atoms. The maximum absolute atomic E-state index is 9.72. The van der Waals surface area contributed by atoms with Gasteiger partial charge in [-0.05, 0) is 6.42 Å². The van der Waals surface area contributed by atoms with Crippen molar-refractivity contribution in [3.63, 3.8) is 0 Å². The van der Waals surface area contributed by atoms with Gasteiger partial charge in [0.1, 0.15) is 24.4 Å². The fourth-order valence-electron chi connectivity index (χ4n) is 2.11. The molecule has 1 aliphatic heterocycles. The Labute approximate surface area is 114 Å². The molecule has 0 amide bonds. The first-order valence-electron chi connectivity index (χ1n) is 7.04. The Kier molecular flexibility index (Phi) is 7.82. The van der Waals surface area contributed by atoms with E-state index in [-0.39, 0.29) is 0 Å². The van der Waals surface area contributed by atoms with Gasteiger partial charge in [-0.15, -0.1) is 0 Å². The lowest BCUT2D eigenvalue weighted by molar-refractivity contribution is -0.301. The average molecular weight is 278 g/mol. The largest absolute Gasteiger partial charge is 0.394 e. The van der Waals surface area contributed by atoms with E-state index in [4.69, 9.17) is 14.6 Å². The van der Waals surface area contributed by atoms with Crippen molar-refractivity contribution < 1.29 is 29.9 Å². The predicted molar refractivity (Wildman–Crippen MR) is 68.5 cm³/mol. The van der Waals surface area contributed by atoms with Gasteiger partial charge in [0.25, 0.3) is 0 Å². The Hall–Kier alpha value is -0.240. The molecular weight excluding hydrogens is 252 g/mol. The summed E-state index contributed by atoms with van der Waals surface area (Å²) in [5.41, 5.74) is 0. The van der Waals surface area contributed by atoms with E-state index in [2.05, 4.69) is 6.92 Å². The Morgan fingerprint density at radius 3 is 2.26 bits per heavy atom. The molecule has 114 valence electrons. The van der Waals surface area contributed by atoms with Gasteiger partial charge in [0, 0.05) is 6.61 Å². The molecule has 1 rings (SSSR count). The third kappa shape index (κ3) is 4.98. The van der Waals surface area contributed by atoms with Crippen molar-refractivity contribution in [1.29, 1.82) is 0 Å². The maximum atomic E-state index is 9.72. The van der Waals surface area contributed by atoms with Crippen LogP contribution in [0, 0.1) is 0 Å². The first-order chi connectivity index (χ1) is 9.11. The molecule has 5 atom stereocenters. The van der Waals surface area contributed by atoms with Crippen LogP contribution in [0.5, 0.6) is 0 Å². The van der Waals surface area contributed by atoms with Gasteiger partial charge in [-0.1, -0.05) is 32.6 Å². The number of ether oxygens (including phenoxy) is 2. The van der Waals surface area contributed by atoms with Crippen LogP contribution in [0.15, 0.2) is 0 Å². The summed E-state index contributed by atoms with van der Waals surface area (Å²) in [5.74, 6) is 0. The summed E-state index contributed by atoms with van der Waals surface area (Å²) >= 11 is 0. The molecule has 0 aromatic rings. The lowest BCUT2D eigenvalue weighted by atomic mass is 9.99. The van der Waals surface area contributed by atoms with Crippen LogP contribution >= 0.6 is 0 Å². The molecule has 0 saturated carbocycles. The van der Waals surface area contributed by atoms with Crippen molar-refractivity contribution in [2.75, 3.05) is 13.2 Å². The molecule has 0 aliphatic carbocycles. The second-order valence-electron chi connectivity index (χ2n) is 4.98. The molecule has 4 N–H and O–H groups in total. The molecular formula is C13H26O6. The standard InChI is InChI=1S/C13H26O6/c1-2-3-4-5-6-7-18-13-12(17)11(16)10(15)9(8-14)19-13/h9-17H,2-8H2,1H3/t9-,10+,11-,12-,13-/m1/s1. The highest BCUT2D eigenvalue weighted by molar-refractivity contribution is 4.88. The van der Waals surface area contributed by atoms with Gasteiger partial charge in [-0.2, -0.15) is 0 Å². The van der Waals surface area contributed by atoms with Crippen molar-refractivity contribution in [1.82, 2.24) is 0 Å². The number of hydrogen-bond acceptors (Lipinski definition) is 6. The number of unbranched alkanes of at least 4 members (excludes halogenated alkanes) is 4. The maximum Gasteiger partial charge on any atom is 0.186 e. The Bertz CT molecular complexity index is 235. The van der Waals surface area contributed by atoms with Crippen LogP contribution in [0.3, 0.4) is 0 Å². The van der Waals surface area contributed by atoms with E-state index in [9.17, 15) is 15.3 Å². The molecule has 0 spiro atoms. The van der Waals surface area contributed by atoms with Gasteiger partial charge in [-0.3, -0.25) is 0 Å². The van der Waals surface area contributed by atoms with Gasteiger partial charge >= 0.3 is 0 Å². The first-order valence-corrected chi connectivity index (χ1v) is 7.04. The molecule has 0 radical (unpaired) electrons. The van der Waals surface area contributed by atoms with Crippen molar-refractivity contribution in [3.05, 3.63) is 0 Å². The fraction of sp³-hybridized carbons (Fsp3) is 1.00. The molecule has 1 fully saturated rings. The predicted octanol–water partition coefficient (Wildman–Crippen LogP) is -0.227. The average Bonchev–Trinajstić information content (AvgIpc) is 2.42. The van der Waals surface area contributed by atoms with Crippen molar-refractivity contribution in [2.24, 2.45) is 0 Å². The van der Waals surface area contributed by atoms with Crippen LogP contribution in [0.4, 0.5) is 0 Å². The van der Waals surface area contributed by atoms with E-state index in [0.29, 0.717) is 6.61 Å². The van der Waals surface area contributed by atoms with E-state index >= 15 is 0 Å². The Morgan fingerprint density at radius 2 is 1.63 bits per heavy atom. The van der Waals surface area contributed by atoms with Gasteiger partial charge in [0.2, 0.25) is 0 Å². The summed E-state index contributed by atoms with van der Waals surface area (Å²) in [4.78, 5) is 0. The minimum Gasteiger partial charge on any atom is -0.394 e. The van der Waals surface area contributed by atoms with Crippen LogP contribution in [0.2, 0.25) is 0 Å². The van der Waals surface area contributed by atoms with E-state index in [0.717, 1.165) is 19.3 Å². The second-order valence-corrected chi connectivity index (χ2v) is 4.98. The van der Waals surface area contributed by atoms with Gasteiger partial charge < -0.3 is 29.9 Å². The molecule has 1 aliphatic rings. The molecule has 6 heteroatoms. The summed E-state index contributed by atoms with van der Waals surface area (Å²) in [5, 5.41) is 37.9. The number of hydrogen-bond donors (Lipinski definition) is 4. The zero-order chi connectivity index (χ0) is 14.3. The summed E-state index contributed by atoms with van der Waals surface area (Å²) in [6.45, 7) is 2.14. The summed E-state index contributed by atoms with van der Waals surface area (Å²) < 4.78 is 10.6. The van der Waals surface area contributed by atoms with E-state index < -0.39 is 37.3 Å². The Balaban J connectivity index is 2.28. The SMILES string of the molecule is CCCCCCCO[C@@H]1O[C@H](CO)[C@H](O)[C@@H](O)[C@H]1O. The van der Waals surface area contributed by atoms with Crippen molar-refractivity contribution >= 4 is 0 Å². The van der Waals surface area contributed by atoms with E-state index in [1.807, 2.05) is 0 Å². The molecule has 0 aromatic carbocycles. The quantitative estimate of drug-likeness (QED) is 0.458. The van der Waals surface area contributed by atoms with E-state index in [1.54, 1.807) is 0 Å². The van der Waals surface area contributed by atoms with Crippen molar-refractivity contribution in [3.8, 4) is 0 Å². The summed E-state index contributed by atoms with van der Waals surface area (Å²) in [6.07, 6.45) is -0.471. The lowest BCUT2D eigenvalue weighted by Gasteiger charge is -2.39. The van der Waals surface area contributed by atoms with Crippen LogP contribution in [-0.2, 0) is 9.47 Å². The zero-order valence-corrected chi connectivity index (χ0v) is 11.4. The number of aliphatic hydroxyl groups excluding tert-OH is 4. The third-order valence-corrected chi connectivity index (χ3v) is 3.38. The van der Waals surface area contributed by atoms with Gasteiger partial charge in [-0.25, -0.2) is 0 Å². The highest BCUT2D eigenvalue weighted by Crippen LogP contribution is 2.22. The van der Waals surface area contributed by atoms with Crippen LogP contribution < -0.4 is 0 Å². The van der Waals surface area contributed by atoms with Crippen molar-refractivity contribution in [2.45, 2.75) is 69.7 Å². The van der Waals surface area contributed by atoms with E-state index in [1.165, 1.54) is 12.8 Å². The van der Waals surface area contributed by atoms with Gasteiger partial charge in [0.15, 0.2) is 6.29 Å². The highest BCUT2D eigenvalue weighted by atomic mass is 16.7. The summed E-state index contributed by atoms with van der Waals surface area (Å²) in [7, 11) is 0. The molecule has 1 saturated heterocycles. The highest BCUT2D eigenvalue weighted by Gasteiger charge is 2.43. The first kappa shape index (κ1) is 16.8.